The lowest BCUT2D eigenvalue weighted by molar-refractivity contribution is -0.135. The lowest BCUT2D eigenvalue weighted by Crippen LogP contribution is -2.31. The quantitative estimate of drug-likeness (QED) is 0.202. The minimum Gasteiger partial charge on any atom is -0.480 e. The summed E-state index contributed by atoms with van der Waals surface area (Å²) in [6, 6.07) is 0. The third kappa shape index (κ3) is 39.8. The number of rotatable bonds is 16. The van der Waals surface area contributed by atoms with Crippen molar-refractivity contribution >= 4 is 16.4 Å². The summed E-state index contributed by atoms with van der Waals surface area (Å²) in [4.78, 5) is 10.3. The van der Waals surface area contributed by atoms with Gasteiger partial charge >= 0.3 is 16.4 Å². The Morgan fingerprint density at radius 2 is 1.16 bits per heavy atom. The molecule has 0 bridgehead atoms. The van der Waals surface area contributed by atoms with Crippen LogP contribution in [0.4, 0.5) is 0 Å². The minimum absolute atomic E-state index is 0.0555. The van der Waals surface area contributed by atoms with Crippen molar-refractivity contribution in [3.05, 3.63) is 0 Å². The van der Waals surface area contributed by atoms with Crippen molar-refractivity contribution in [3.8, 4) is 0 Å². The van der Waals surface area contributed by atoms with E-state index >= 15 is 0 Å². The number of unbranched alkanes of at least 4 members (excludes halogenated alkanes) is 9. The van der Waals surface area contributed by atoms with Crippen LogP contribution in [-0.2, 0) is 15.2 Å². The van der Waals surface area contributed by atoms with Crippen LogP contribution < -0.4 is 10.6 Å². The molecule has 0 unspecified atom stereocenters. The van der Waals surface area contributed by atoms with E-state index in [1.807, 2.05) is 0 Å². The zero-order valence-corrected chi connectivity index (χ0v) is 16.2. The molecule has 0 aliphatic heterocycles. The molecule has 0 atom stereocenters. The lowest BCUT2D eigenvalue weighted by atomic mass is 10.1. The SMILES string of the molecule is CCCCCCCCCCCCNCCNCC(=O)O.O=S(=O)(O)O. The Balaban J connectivity index is 0. The predicted octanol–water partition coefficient (Wildman–Crippen LogP) is 2.52. The first-order chi connectivity index (χ1) is 11.8. The molecule has 9 heteroatoms. The molecule has 0 aromatic rings. The molecule has 0 aliphatic carbocycles. The van der Waals surface area contributed by atoms with Gasteiger partial charge in [-0.25, -0.2) is 0 Å². The van der Waals surface area contributed by atoms with Crippen LogP contribution in [0, 0.1) is 0 Å². The number of carbonyl (C=O) groups is 1. The zero-order valence-electron chi connectivity index (χ0n) is 15.4. The first kappa shape index (κ1) is 26.5. The van der Waals surface area contributed by atoms with Gasteiger partial charge in [0, 0.05) is 13.1 Å². The van der Waals surface area contributed by atoms with E-state index in [1.54, 1.807) is 0 Å². The van der Waals surface area contributed by atoms with Crippen LogP contribution in [0.3, 0.4) is 0 Å². The average Bonchev–Trinajstić information content (AvgIpc) is 2.49. The number of hydrogen-bond acceptors (Lipinski definition) is 5. The summed E-state index contributed by atoms with van der Waals surface area (Å²) in [5.41, 5.74) is 0. The van der Waals surface area contributed by atoms with Crippen molar-refractivity contribution < 1.29 is 27.4 Å². The van der Waals surface area contributed by atoms with Gasteiger partial charge in [-0.05, 0) is 13.0 Å². The monoisotopic (exact) mass is 384 g/mol. The van der Waals surface area contributed by atoms with Gasteiger partial charge in [-0.1, -0.05) is 64.7 Å². The van der Waals surface area contributed by atoms with Crippen molar-refractivity contribution in [2.24, 2.45) is 0 Å². The zero-order chi connectivity index (χ0) is 19.4. The van der Waals surface area contributed by atoms with E-state index in [4.69, 9.17) is 22.6 Å². The molecular weight excluding hydrogens is 348 g/mol. The average molecular weight is 385 g/mol. The van der Waals surface area contributed by atoms with Crippen LogP contribution in [-0.4, -0.2) is 54.8 Å². The molecule has 8 nitrogen and oxygen atoms in total. The molecule has 0 spiro atoms. The fraction of sp³-hybridized carbons (Fsp3) is 0.938. The van der Waals surface area contributed by atoms with E-state index < -0.39 is 16.4 Å². The fourth-order valence-corrected chi connectivity index (χ4v) is 2.23. The number of carboxylic acids is 1. The van der Waals surface area contributed by atoms with Gasteiger partial charge in [-0.3, -0.25) is 13.9 Å². The molecule has 0 aliphatic rings. The third-order valence-electron chi connectivity index (χ3n) is 3.46. The van der Waals surface area contributed by atoms with Gasteiger partial charge in [0.15, 0.2) is 0 Å². The van der Waals surface area contributed by atoms with Gasteiger partial charge in [-0.2, -0.15) is 8.42 Å². The van der Waals surface area contributed by atoms with Crippen LogP contribution in [0.15, 0.2) is 0 Å². The molecule has 0 saturated carbocycles. The molecule has 0 aromatic carbocycles. The van der Waals surface area contributed by atoms with E-state index in [0.29, 0.717) is 0 Å². The Hall–Kier alpha value is -0.740. The summed E-state index contributed by atoms with van der Waals surface area (Å²) in [5.74, 6) is -0.792. The Kier molecular flexibility index (Phi) is 20.7. The molecule has 0 heterocycles. The Bertz CT molecular complexity index is 382. The van der Waals surface area contributed by atoms with Gasteiger partial charge in [0.2, 0.25) is 0 Å². The Morgan fingerprint density at radius 3 is 1.60 bits per heavy atom. The normalized spacial score (nSPS) is 11.0. The molecule has 0 rings (SSSR count). The summed E-state index contributed by atoms with van der Waals surface area (Å²) in [6.45, 7) is 4.94. The van der Waals surface area contributed by atoms with E-state index in [-0.39, 0.29) is 6.54 Å². The molecule has 152 valence electrons. The highest BCUT2D eigenvalue weighted by Gasteiger charge is 1.95. The highest BCUT2D eigenvalue weighted by atomic mass is 32.3. The summed E-state index contributed by atoms with van der Waals surface area (Å²) < 4.78 is 31.6. The third-order valence-corrected chi connectivity index (χ3v) is 3.46. The maximum atomic E-state index is 10.3. The first-order valence-corrected chi connectivity index (χ1v) is 10.5. The molecule has 0 fully saturated rings. The van der Waals surface area contributed by atoms with Crippen molar-refractivity contribution in [3.63, 3.8) is 0 Å². The maximum absolute atomic E-state index is 10.3. The van der Waals surface area contributed by atoms with Crippen molar-refractivity contribution in [2.45, 2.75) is 71.1 Å². The fourth-order valence-electron chi connectivity index (χ4n) is 2.23. The molecule has 25 heavy (non-hydrogen) atoms. The molecule has 0 aromatic heterocycles. The van der Waals surface area contributed by atoms with Crippen LogP contribution in [0.5, 0.6) is 0 Å². The number of hydrogen-bond donors (Lipinski definition) is 5. The number of aliphatic carboxylic acids is 1. The van der Waals surface area contributed by atoms with Crippen LogP contribution in [0.2, 0.25) is 0 Å². The molecule has 0 radical (unpaired) electrons. The summed E-state index contributed by atoms with van der Waals surface area (Å²) >= 11 is 0. The second-order valence-electron chi connectivity index (χ2n) is 5.95. The van der Waals surface area contributed by atoms with Gasteiger partial charge in [0.25, 0.3) is 0 Å². The van der Waals surface area contributed by atoms with Gasteiger partial charge in [0.05, 0.1) is 6.54 Å². The first-order valence-electron chi connectivity index (χ1n) is 9.10. The smallest absolute Gasteiger partial charge is 0.394 e. The maximum Gasteiger partial charge on any atom is 0.394 e. The summed E-state index contributed by atoms with van der Waals surface area (Å²) in [6.07, 6.45) is 13.6. The van der Waals surface area contributed by atoms with Crippen molar-refractivity contribution in [1.82, 2.24) is 10.6 Å². The van der Waals surface area contributed by atoms with Crippen molar-refractivity contribution in [1.29, 1.82) is 0 Å². The van der Waals surface area contributed by atoms with Crippen molar-refractivity contribution in [2.75, 3.05) is 26.2 Å². The Morgan fingerprint density at radius 1 is 0.760 bits per heavy atom. The standard InChI is InChI=1S/C16H34N2O2.H2O4S/c1-2-3-4-5-6-7-8-9-10-11-12-17-13-14-18-15-16(19)20;1-5(2,3)4/h17-18H,2-15H2,1H3,(H,19,20);(H2,1,2,3,4). The van der Waals surface area contributed by atoms with Gasteiger partial charge in [-0.15, -0.1) is 0 Å². The van der Waals surface area contributed by atoms with Gasteiger partial charge < -0.3 is 15.7 Å². The highest BCUT2D eigenvalue weighted by Crippen LogP contribution is 2.10. The molecule has 0 amide bonds. The molecular formula is C16H36N2O6S. The number of carboxylic acid groups (broad SMARTS) is 1. The van der Waals surface area contributed by atoms with Gasteiger partial charge in [0.1, 0.15) is 0 Å². The number of nitrogens with one attached hydrogen (secondary N) is 2. The van der Waals surface area contributed by atoms with E-state index in [1.165, 1.54) is 64.2 Å². The largest absolute Gasteiger partial charge is 0.480 e. The summed E-state index contributed by atoms with van der Waals surface area (Å²) in [7, 11) is -4.67. The van der Waals surface area contributed by atoms with Crippen LogP contribution in [0.1, 0.15) is 71.1 Å². The lowest BCUT2D eigenvalue weighted by Gasteiger charge is -2.05. The topological polar surface area (TPSA) is 136 Å². The minimum atomic E-state index is -4.67. The molecule has 5 N–H and O–H groups in total. The summed E-state index contributed by atoms with van der Waals surface area (Å²) in [5, 5.41) is 14.6. The van der Waals surface area contributed by atoms with Crippen LogP contribution >= 0.6 is 0 Å². The highest BCUT2D eigenvalue weighted by molar-refractivity contribution is 7.79. The molecule has 0 saturated heterocycles. The van der Waals surface area contributed by atoms with Crippen LogP contribution in [0.25, 0.3) is 0 Å². The predicted molar refractivity (Wildman–Crippen MR) is 99.4 cm³/mol. The Labute approximate surface area is 152 Å². The second-order valence-corrected chi connectivity index (χ2v) is 6.85. The van der Waals surface area contributed by atoms with E-state index in [9.17, 15) is 4.79 Å². The second kappa shape index (κ2) is 19.6. The van der Waals surface area contributed by atoms with E-state index in [2.05, 4.69) is 17.6 Å². The van der Waals surface area contributed by atoms with E-state index in [0.717, 1.165) is 19.6 Å².